The summed E-state index contributed by atoms with van der Waals surface area (Å²) in [6, 6.07) is 5.35. The summed E-state index contributed by atoms with van der Waals surface area (Å²) < 4.78 is 5.41. The molecule has 0 fully saturated rings. The number of rotatable bonds is 3. The van der Waals surface area contributed by atoms with Gasteiger partial charge < -0.3 is 9.72 Å². The molecule has 86 valence electrons. The Labute approximate surface area is 106 Å². The van der Waals surface area contributed by atoms with E-state index in [1.165, 1.54) is 11.3 Å². The largest absolute Gasteiger partial charge is 0.447 e. The van der Waals surface area contributed by atoms with E-state index < -0.39 is 5.97 Å². The number of aromatic amines is 1. The number of nitrogens with zero attached hydrogens (tertiary/aromatic N) is 1. The predicted molar refractivity (Wildman–Crippen MR) is 65.0 cm³/mol. The van der Waals surface area contributed by atoms with Crippen LogP contribution >= 0.6 is 22.9 Å². The van der Waals surface area contributed by atoms with Crippen molar-refractivity contribution < 1.29 is 9.53 Å². The summed E-state index contributed by atoms with van der Waals surface area (Å²) in [6.07, 6.45) is 3.24. The van der Waals surface area contributed by atoms with Crippen LogP contribution in [-0.2, 0) is 4.74 Å². The van der Waals surface area contributed by atoms with Gasteiger partial charge in [0.05, 0.1) is 9.90 Å². The predicted octanol–water partition coefficient (Wildman–Crippen LogP) is 3.08. The van der Waals surface area contributed by atoms with Gasteiger partial charge in [-0.1, -0.05) is 11.6 Å². The molecule has 6 heteroatoms. The highest BCUT2D eigenvalue weighted by molar-refractivity contribution is 7.19. The topological polar surface area (TPSA) is 65.9 Å². The average molecular weight is 267 g/mol. The van der Waals surface area contributed by atoms with Gasteiger partial charge in [0, 0.05) is 22.8 Å². The first-order chi connectivity index (χ1) is 8.22. The van der Waals surface area contributed by atoms with Gasteiger partial charge in [-0.05, 0) is 12.1 Å². The van der Waals surface area contributed by atoms with Crippen LogP contribution in [0.4, 0.5) is 0 Å². The number of nitrogens with one attached hydrogen (secondary N) is 1. The van der Waals surface area contributed by atoms with Gasteiger partial charge in [0.15, 0.2) is 6.61 Å². The number of thiophene rings is 1. The number of carbonyl (C=O) groups is 1. The minimum absolute atomic E-state index is 0.255. The third kappa shape index (κ3) is 2.49. The number of hydrogen-bond acceptors (Lipinski definition) is 4. The summed E-state index contributed by atoms with van der Waals surface area (Å²) in [5.74, 6) is -0.521. The molecule has 4 nitrogen and oxygen atoms in total. The molecule has 0 amide bonds. The number of ether oxygens (including phenoxy) is 1. The van der Waals surface area contributed by atoms with E-state index in [9.17, 15) is 4.79 Å². The van der Waals surface area contributed by atoms with E-state index in [1.54, 1.807) is 24.5 Å². The Morgan fingerprint density at radius 3 is 3.00 bits per heavy atom. The van der Waals surface area contributed by atoms with E-state index in [1.807, 2.05) is 6.07 Å². The Balaban J connectivity index is 2.29. The lowest BCUT2D eigenvalue weighted by atomic mass is 10.2. The Hall–Kier alpha value is -1.77. The SMILES string of the molecule is N#CCOC(=O)c1c[nH]cc1-c1ccc(Cl)s1. The fraction of sp³-hybridized carbons (Fsp3) is 0.0909. The monoisotopic (exact) mass is 266 g/mol. The molecular weight excluding hydrogens is 260 g/mol. The van der Waals surface area contributed by atoms with Gasteiger partial charge >= 0.3 is 5.97 Å². The smallest absolute Gasteiger partial charge is 0.341 e. The second-order valence-electron chi connectivity index (χ2n) is 3.12. The number of hydrogen-bond donors (Lipinski definition) is 1. The maximum absolute atomic E-state index is 11.6. The van der Waals surface area contributed by atoms with Crippen LogP contribution in [0.5, 0.6) is 0 Å². The molecule has 0 aliphatic rings. The highest BCUT2D eigenvalue weighted by atomic mass is 35.5. The molecule has 0 atom stereocenters. The molecule has 0 unspecified atom stereocenters. The zero-order chi connectivity index (χ0) is 12.3. The molecule has 2 rings (SSSR count). The zero-order valence-electron chi connectivity index (χ0n) is 8.57. The minimum Gasteiger partial charge on any atom is -0.447 e. The first-order valence-corrected chi connectivity index (χ1v) is 5.88. The van der Waals surface area contributed by atoms with E-state index >= 15 is 0 Å². The van der Waals surface area contributed by atoms with Crippen molar-refractivity contribution in [3.63, 3.8) is 0 Å². The van der Waals surface area contributed by atoms with Crippen molar-refractivity contribution in [2.24, 2.45) is 0 Å². The zero-order valence-corrected chi connectivity index (χ0v) is 10.1. The Kier molecular flexibility index (Phi) is 3.47. The van der Waals surface area contributed by atoms with E-state index in [2.05, 4.69) is 4.98 Å². The molecule has 0 aromatic carbocycles. The third-order valence-electron chi connectivity index (χ3n) is 2.07. The summed E-state index contributed by atoms with van der Waals surface area (Å²) >= 11 is 7.22. The van der Waals surface area contributed by atoms with Crippen LogP contribution in [0.3, 0.4) is 0 Å². The van der Waals surface area contributed by atoms with Gasteiger partial charge in [0.25, 0.3) is 0 Å². The van der Waals surface area contributed by atoms with Crippen LogP contribution in [0.15, 0.2) is 24.5 Å². The highest BCUT2D eigenvalue weighted by Gasteiger charge is 2.16. The number of nitriles is 1. The quantitative estimate of drug-likeness (QED) is 0.868. The number of halogens is 1. The summed E-state index contributed by atoms with van der Waals surface area (Å²) in [6.45, 7) is -0.255. The molecular formula is C11H7ClN2O2S. The highest BCUT2D eigenvalue weighted by Crippen LogP contribution is 2.33. The molecule has 0 radical (unpaired) electrons. The molecule has 0 spiro atoms. The number of aromatic nitrogens is 1. The van der Waals surface area contributed by atoms with Crippen LogP contribution in [0, 0.1) is 11.3 Å². The van der Waals surface area contributed by atoms with Crippen molar-refractivity contribution >= 4 is 28.9 Å². The normalized spacial score (nSPS) is 9.88. The number of esters is 1. The van der Waals surface area contributed by atoms with Crippen LogP contribution in [0.2, 0.25) is 4.34 Å². The van der Waals surface area contributed by atoms with E-state index in [-0.39, 0.29) is 6.61 Å². The van der Waals surface area contributed by atoms with Crippen LogP contribution < -0.4 is 0 Å². The number of carbonyl (C=O) groups excluding carboxylic acids is 1. The van der Waals surface area contributed by atoms with E-state index in [4.69, 9.17) is 21.6 Å². The second kappa shape index (κ2) is 5.04. The van der Waals surface area contributed by atoms with Crippen LogP contribution in [0.1, 0.15) is 10.4 Å². The Morgan fingerprint density at radius 2 is 2.35 bits per heavy atom. The van der Waals surface area contributed by atoms with Gasteiger partial charge in [-0.25, -0.2) is 4.79 Å². The van der Waals surface area contributed by atoms with E-state index in [0.717, 1.165) is 10.4 Å². The van der Waals surface area contributed by atoms with Crippen LogP contribution in [-0.4, -0.2) is 17.6 Å². The Morgan fingerprint density at radius 1 is 1.53 bits per heavy atom. The third-order valence-corrected chi connectivity index (χ3v) is 3.34. The minimum atomic E-state index is -0.521. The molecule has 0 saturated heterocycles. The van der Waals surface area contributed by atoms with Gasteiger partial charge in [-0.2, -0.15) is 5.26 Å². The lowest BCUT2D eigenvalue weighted by Gasteiger charge is -2.00. The van der Waals surface area contributed by atoms with Gasteiger partial charge in [-0.15, -0.1) is 11.3 Å². The fourth-order valence-corrected chi connectivity index (χ4v) is 2.44. The Bertz CT molecular complexity index is 582. The van der Waals surface area contributed by atoms with Gasteiger partial charge in [0.2, 0.25) is 0 Å². The van der Waals surface area contributed by atoms with Crippen molar-refractivity contribution in [1.29, 1.82) is 5.26 Å². The van der Waals surface area contributed by atoms with Gasteiger partial charge in [-0.3, -0.25) is 0 Å². The first-order valence-electron chi connectivity index (χ1n) is 4.69. The van der Waals surface area contributed by atoms with Crippen LogP contribution in [0.25, 0.3) is 10.4 Å². The molecule has 0 aliphatic carbocycles. The molecule has 2 aromatic heterocycles. The molecule has 17 heavy (non-hydrogen) atoms. The van der Waals surface area contributed by atoms with Crippen molar-refractivity contribution in [2.75, 3.05) is 6.61 Å². The van der Waals surface area contributed by atoms with Crippen molar-refractivity contribution in [1.82, 2.24) is 4.98 Å². The standard InChI is InChI=1S/C11H7ClN2O2S/c12-10-2-1-9(17-10)7-5-14-6-8(7)11(15)16-4-3-13/h1-2,5-6,14H,4H2. The molecule has 0 bridgehead atoms. The molecule has 2 aromatic rings. The first kappa shape index (κ1) is 11.7. The van der Waals surface area contributed by atoms with E-state index in [0.29, 0.717) is 9.90 Å². The maximum Gasteiger partial charge on any atom is 0.341 e. The summed E-state index contributed by atoms with van der Waals surface area (Å²) in [5, 5.41) is 8.35. The summed E-state index contributed by atoms with van der Waals surface area (Å²) in [5.41, 5.74) is 1.13. The molecule has 2 heterocycles. The summed E-state index contributed by atoms with van der Waals surface area (Å²) in [4.78, 5) is 15.4. The van der Waals surface area contributed by atoms with Crippen molar-refractivity contribution in [3.8, 4) is 16.5 Å². The molecule has 0 saturated carbocycles. The second-order valence-corrected chi connectivity index (χ2v) is 4.84. The van der Waals surface area contributed by atoms with Crippen molar-refractivity contribution in [2.45, 2.75) is 0 Å². The summed E-state index contributed by atoms with van der Waals surface area (Å²) in [7, 11) is 0. The lowest BCUT2D eigenvalue weighted by molar-refractivity contribution is 0.0556. The maximum atomic E-state index is 11.6. The fourth-order valence-electron chi connectivity index (χ4n) is 1.37. The lowest BCUT2D eigenvalue weighted by Crippen LogP contribution is -2.05. The molecule has 0 aliphatic heterocycles. The van der Waals surface area contributed by atoms with Gasteiger partial charge in [0.1, 0.15) is 6.07 Å². The molecule has 1 N–H and O–H groups in total. The average Bonchev–Trinajstić information content (AvgIpc) is 2.93. The van der Waals surface area contributed by atoms with Crippen molar-refractivity contribution in [3.05, 3.63) is 34.4 Å². The number of H-pyrrole nitrogens is 1.